The lowest BCUT2D eigenvalue weighted by Crippen LogP contribution is -2.39. The number of carbonyl (C=O) groups excluding carboxylic acids is 1. The molecule has 0 radical (unpaired) electrons. The van der Waals surface area contributed by atoms with Gasteiger partial charge >= 0.3 is 0 Å². The fraction of sp³-hybridized carbons (Fsp3) is 0.176. The topological polar surface area (TPSA) is 97.3 Å². The Hall–Kier alpha value is -2.11. The molecule has 0 saturated heterocycles. The molecule has 2 aromatic carbocycles. The third-order valence-electron chi connectivity index (χ3n) is 3.69. The number of anilines is 1. The molecule has 1 N–H and O–H groups in total. The van der Waals surface area contributed by atoms with Crippen LogP contribution >= 0.6 is 31.9 Å². The zero-order valence-electron chi connectivity index (χ0n) is 14.6. The quantitative estimate of drug-likeness (QED) is 0.455. The summed E-state index contributed by atoms with van der Waals surface area (Å²) in [5, 5.41) is 3.89. The van der Waals surface area contributed by atoms with Crippen LogP contribution in [-0.2, 0) is 14.8 Å². The second-order valence-electron chi connectivity index (χ2n) is 5.77. The molecular weight excluding hydrogens is 518 g/mol. The van der Waals surface area contributed by atoms with E-state index >= 15 is 0 Å². The van der Waals surface area contributed by atoms with Crippen LogP contribution in [0.1, 0.15) is 5.56 Å². The van der Waals surface area contributed by atoms with Crippen LogP contribution in [0.4, 0.5) is 5.69 Å². The Kier molecular flexibility index (Phi) is 6.26. The highest BCUT2D eigenvalue weighted by Crippen LogP contribution is 2.36. The number of hydrazone groups is 1. The number of fused-ring (bicyclic) bond motifs is 1. The van der Waals surface area contributed by atoms with Crippen LogP contribution in [-0.4, -0.2) is 40.1 Å². The highest BCUT2D eigenvalue weighted by atomic mass is 79.9. The van der Waals surface area contributed by atoms with Crippen molar-refractivity contribution in [3.63, 3.8) is 0 Å². The van der Waals surface area contributed by atoms with Gasteiger partial charge in [0.2, 0.25) is 16.8 Å². The fourth-order valence-electron chi connectivity index (χ4n) is 2.38. The minimum absolute atomic E-state index is 0.149. The van der Waals surface area contributed by atoms with Gasteiger partial charge in [0, 0.05) is 14.5 Å². The largest absolute Gasteiger partial charge is 0.454 e. The number of hydrogen-bond donors (Lipinski definition) is 1. The molecule has 1 heterocycles. The lowest BCUT2D eigenvalue weighted by Gasteiger charge is -2.21. The molecule has 0 aromatic heterocycles. The van der Waals surface area contributed by atoms with Gasteiger partial charge in [-0.3, -0.25) is 9.10 Å². The summed E-state index contributed by atoms with van der Waals surface area (Å²) in [5.41, 5.74) is 3.37. The minimum atomic E-state index is -3.65. The van der Waals surface area contributed by atoms with E-state index in [1.807, 2.05) is 0 Å². The number of carbonyl (C=O) groups is 1. The van der Waals surface area contributed by atoms with Gasteiger partial charge in [0.05, 0.1) is 18.2 Å². The van der Waals surface area contributed by atoms with Gasteiger partial charge in [-0.2, -0.15) is 5.10 Å². The highest BCUT2D eigenvalue weighted by Gasteiger charge is 2.21. The molecule has 2 aromatic rings. The van der Waals surface area contributed by atoms with Gasteiger partial charge < -0.3 is 9.47 Å². The van der Waals surface area contributed by atoms with Gasteiger partial charge in [-0.05, 0) is 52.3 Å². The zero-order chi connectivity index (χ0) is 20.3. The van der Waals surface area contributed by atoms with Crippen LogP contribution in [0.3, 0.4) is 0 Å². The average Bonchev–Trinajstić information content (AvgIpc) is 3.07. The molecule has 0 unspecified atom stereocenters. The van der Waals surface area contributed by atoms with Gasteiger partial charge in [0.25, 0.3) is 5.91 Å². The number of halogens is 2. The molecule has 0 fully saturated rings. The summed E-state index contributed by atoms with van der Waals surface area (Å²) in [4.78, 5) is 12.2. The molecule has 3 rings (SSSR count). The lowest BCUT2D eigenvalue weighted by molar-refractivity contribution is -0.119. The molecular formula is C17H15Br2N3O5S. The first-order valence-electron chi connectivity index (χ1n) is 7.88. The smallest absolute Gasteiger partial charge is 0.260 e. The maximum Gasteiger partial charge on any atom is 0.260 e. The fourth-order valence-corrected chi connectivity index (χ4v) is 3.92. The SMILES string of the molecule is CS(=O)(=O)N(CC(=O)N/N=C\c1cc2c(cc1Br)OCO2)c1ccc(Br)cc1. The number of amides is 1. The van der Waals surface area contributed by atoms with Crippen molar-refractivity contribution in [1.82, 2.24) is 5.43 Å². The summed E-state index contributed by atoms with van der Waals surface area (Å²) < 4.78 is 37.2. The Morgan fingerprint density at radius 3 is 2.50 bits per heavy atom. The van der Waals surface area contributed by atoms with Crippen molar-refractivity contribution in [3.8, 4) is 11.5 Å². The Labute approximate surface area is 178 Å². The van der Waals surface area contributed by atoms with Crippen LogP contribution < -0.4 is 19.2 Å². The average molecular weight is 533 g/mol. The third-order valence-corrected chi connectivity index (χ3v) is 6.04. The van der Waals surface area contributed by atoms with Gasteiger partial charge in [0.1, 0.15) is 6.54 Å². The maximum atomic E-state index is 12.2. The third kappa shape index (κ3) is 5.03. The predicted octanol–water partition coefficient (Wildman–Crippen LogP) is 2.86. The molecule has 1 amide bonds. The van der Waals surface area contributed by atoms with Gasteiger partial charge in [-0.15, -0.1) is 0 Å². The predicted molar refractivity (Wildman–Crippen MR) is 112 cm³/mol. The van der Waals surface area contributed by atoms with E-state index in [1.165, 1.54) is 6.21 Å². The number of sulfonamides is 1. The van der Waals surface area contributed by atoms with Gasteiger partial charge in [-0.1, -0.05) is 15.9 Å². The Balaban J connectivity index is 1.68. The van der Waals surface area contributed by atoms with Crippen molar-refractivity contribution in [2.75, 3.05) is 23.9 Å². The Morgan fingerprint density at radius 1 is 1.21 bits per heavy atom. The number of hydrogen-bond acceptors (Lipinski definition) is 6. The van der Waals surface area contributed by atoms with Crippen molar-refractivity contribution < 1.29 is 22.7 Å². The number of ether oxygens (including phenoxy) is 2. The minimum Gasteiger partial charge on any atom is -0.454 e. The number of nitrogens with one attached hydrogen (secondary N) is 1. The molecule has 1 aliphatic rings. The maximum absolute atomic E-state index is 12.2. The molecule has 1 aliphatic heterocycles. The molecule has 11 heteroatoms. The van der Waals surface area contributed by atoms with Crippen molar-refractivity contribution >= 4 is 59.7 Å². The van der Waals surface area contributed by atoms with E-state index < -0.39 is 22.5 Å². The summed E-state index contributed by atoms with van der Waals surface area (Å²) in [6, 6.07) is 10.1. The van der Waals surface area contributed by atoms with Crippen LogP contribution in [0.2, 0.25) is 0 Å². The van der Waals surface area contributed by atoms with Crippen molar-refractivity contribution in [2.45, 2.75) is 0 Å². The van der Waals surface area contributed by atoms with E-state index in [0.29, 0.717) is 27.2 Å². The summed E-state index contributed by atoms with van der Waals surface area (Å²) >= 11 is 6.68. The van der Waals surface area contributed by atoms with E-state index in [0.717, 1.165) is 15.0 Å². The molecule has 28 heavy (non-hydrogen) atoms. The first-order chi connectivity index (χ1) is 13.2. The number of benzene rings is 2. The van der Waals surface area contributed by atoms with E-state index in [9.17, 15) is 13.2 Å². The second-order valence-corrected chi connectivity index (χ2v) is 9.44. The highest BCUT2D eigenvalue weighted by molar-refractivity contribution is 9.10. The standard InChI is InChI=1S/C17H15Br2N3O5S/c1-28(24,25)22(13-4-2-12(18)3-5-13)9-17(23)21-20-8-11-6-15-16(7-14(11)19)27-10-26-15/h2-8H,9-10H2,1H3,(H,21,23)/b20-8-. The summed E-state index contributed by atoms with van der Waals surface area (Å²) in [6.07, 6.45) is 2.46. The number of nitrogens with zero attached hydrogens (tertiary/aromatic N) is 2. The van der Waals surface area contributed by atoms with E-state index in [2.05, 4.69) is 42.4 Å². The van der Waals surface area contributed by atoms with Crippen LogP contribution in [0, 0.1) is 0 Å². The Bertz CT molecular complexity index is 1030. The summed E-state index contributed by atoms with van der Waals surface area (Å²) in [5.74, 6) is 0.613. The first-order valence-corrected chi connectivity index (χ1v) is 11.3. The lowest BCUT2D eigenvalue weighted by atomic mass is 10.2. The first kappa shape index (κ1) is 20.6. The van der Waals surface area contributed by atoms with Gasteiger partial charge in [-0.25, -0.2) is 13.8 Å². The van der Waals surface area contributed by atoms with Crippen molar-refractivity contribution in [3.05, 3.63) is 50.9 Å². The molecule has 0 saturated carbocycles. The number of rotatable bonds is 6. The second kappa shape index (κ2) is 8.50. The molecule has 0 aliphatic carbocycles. The Morgan fingerprint density at radius 2 is 1.86 bits per heavy atom. The molecule has 8 nitrogen and oxygen atoms in total. The molecule has 0 spiro atoms. The molecule has 148 valence electrons. The van der Waals surface area contributed by atoms with E-state index in [-0.39, 0.29) is 6.79 Å². The van der Waals surface area contributed by atoms with Crippen LogP contribution in [0.25, 0.3) is 0 Å². The van der Waals surface area contributed by atoms with Crippen LogP contribution in [0.15, 0.2) is 50.4 Å². The monoisotopic (exact) mass is 531 g/mol. The van der Waals surface area contributed by atoms with Crippen LogP contribution in [0.5, 0.6) is 11.5 Å². The van der Waals surface area contributed by atoms with Gasteiger partial charge in [0.15, 0.2) is 11.5 Å². The molecule has 0 atom stereocenters. The summed E-state index contributed by atoms with van der Waals surface area (Å²) in [6.45, 7) is -0.253. The normalized spacial score (nSPS) is 13.0. The zero-order valence-corrected chi connectivity index (χ0v) is 18.5. The van der Waals surface area contributed by atoms with Crippen molar-refractivity contribution in [1.29, 1.82) is 0 Å². The van der Waals surface area contributed by atoms with E-state index in [4.69, 9.17) is 9.47 Å². The molecule has 0 bridgehead atoms. The van der Waals surface area contributed by atoms with E-state index in [1.54, 1.807) is 36.4 Å². The summed E-state index contributed by atoms with van der Waals surface area (Å²) in [7, 11) is -3.65. The van der Waals surface area contributed by atoms with Crippen molar-refractivity contribution in [2.24, 2.45) is 5.10 Å².